The summed E-state index contributed by atoms with van der Waals surface area (Å²) in [5.41, 5.74) is 8.04. The van der Waals surface area contributed by atoms with E-state index in [2.05, 4.69) is 4.90 Å². The Kier molecular flexibility index (Phi) is 4.72. The highest BCUT2D eigenvalue weighted by Gasteiger charge is 2.38. The van der Waals surface area contributed by atoms with Gasteiger partial charge in [-0.25, -0.2) is 8.78 Å². The first-order chi connectivity index (χ1) is 12.0. The molecule has 0 unspecified atom stereocenters. The summed E-state index contributed by atoms with van der Waals surface area (Å²) in [6.07, 6.45) is 2.03. The molecule has 1 fully saturated rings. The van der Waals surface area contributed by atoms with Crippen LogP contribution in [0.2, 0.25) is 0 Å². The van der Waals surface area contributed by atoms with E-state index in [1.54, 1.807) is 0 Å². The van der Waals surface area contributed by atoms with Crippen molar-refractivity contribution in [3.05, 3.63) is 48.0 Å². The Bertz CT molecular complexity index is 748. The molecule has 132 valence electrons. The zero-order chi connectivity index (χ0) is 18.0. The number of nitrogens with zero attached hydrogens (tertiary/aromatic N) is 1. The number of hydrogen-bond donors (Lipinski definition) is 1. The number of hydrogen-bond acceptors (Lipinski definition) is 4. The van der Waals surface area contributed by atoms with Crippen molar-refractivity contribution < 1.29 is 18.3 Å². The number of nitrogens with two attached hydrogens (primary N) is 1. The van der Waals surface area contributed by atoms with Gasteiger partial charge in [0, 0.05) is 25.2 Å². The molecule has 0 radical (unpaired) electrons. The second-order valence-electron chi connectivity index (χ2n) is 6.44. The van der Waals surface area contributed by atoms with Crippen molar-refractivity contribution >= 4 is 12.0 Å². The van der Waals surface area contributed by atoms with Crippen molar-refractivity contribution in [2.24, 2.45) is 5.73 Å². The van der Waals surface area contributed by atoms with Crippen LogP contribution in [0, 0.1) is 11.6 Å². The number of carbonyl (C=O) groups excluding carboxylic acids is 1. The van der Waals surface area contributed by atoms with Gasteiger partial charge in [-0.2, -0.15) is 0 Å². The summed E-state index contributed by atoms with van der Waals surface area (Å²) >= 11 is 0. The molecule has 1 saturated heterocycles. The normalized spacial score (nSPS) is 15.6. The number of benzene rings is 2. The Hall–Kier alpha value is -2.47. The van der Waals surface area contributed by atoms with E-state index in [1.807, 2.05) is 24.3 Å². The fraction of sp³-hybridized carbons (Fsp3) is 0.316. The van der Waals surface area contributed by atoms with Crippen LogP contribution in [0.3, 0.4) is 0 Å². The minimum absolute atomic E-state index is 0.318. The molecule has 2 N–H and O–H groups in total. The fourth-order valence-corrected chi connectivity index (χ4v) is 3.19. The molecular weight excluding hydrogens is 326 g/mol. The van der Waals surface area contributed by atoms with Crippen molar-refractivity contribution in [1.29, 1.82) is 0 Å². The molecule has 1 aliphatic heterocycles. The Morgan fingerprint density at radius 1 is 1.16 bits per heavy atom. The van der Waals surface area contributed by atoms with Crippen LogP contribution < -0.4 is 15.4 Å². The Balaban J connectivity index is 1.73. The van der Waals surface area contributed by atoms with E-state index in [9.17, 15) is 13.6 Å². The molecule has 4 nitrogen and oxygen atoms in total. The molecule has 6 heteroatoms. The van der Waals surface area contributed by atoms with Crippen LogP contribution in [-0.4, -0.2) is 32.0 Å². The number of methoxy groups -OCH3 is 1. The SMILES string of the molecule is COc1c(F)cc(-c2ccc(N3CC(N)(CCC=O)C3)cc2)cc1F. The van der Waals surface area contributed by atoms with Gasteiger partial charge in [0.1, 0.15) is 6.29 Å². The first kappa shape index (κ1) is 17.4. The summed E-state index contributed by atoms with van der Waals surface area (Å²) in [7, 11) is 1.23. The predicted octanol–water partition coefficient (Wildman–Crippen LogP) is 3.14. The van der Waals surface area contributed by atoms with Gasteiger partial charge >= 0.3 is 0 Å². The minimum Gasteiger partial charge on any atom is -0.491 e. The lowest BCUT2D eigenvalue weighted by molar-refractivity contribution is -0.108. The molecule has 2 aromatic rings. The third-order valence-corrected chi connectivity index (χ3v) is 4.54. The molecule has 0 aliphatic carbocycles. The topological polar surface area (TPSA) is 55.6 Å². The van der Waals surface area contributed by atoms with Crippen LogP contribution >= 0.6 is 0 Å². The van der Waals surface area contributed by atoms with Crippen molar-refractivity contribution in [1.82, 2.24) is 0 Å². The lowest BCUT2D eigenvalue weighted by Crippen LogP contribution is -2.67. The second kappa shape index (κ2) is 6.80. The smallest absolute Gasteiger partial charge is 0.190 e. The van der Waals surface area contributed by atoms with Crippen LogP contribution in [0.1, 0.15) is 12.8 Å². The third-order valence-electron chi connectivity index (χ3n) is 4.54. The van der Waals surface area contributed by atoms with Gasteiger partial charge in [0.25, 0.3) is 0 Å². The van der Waals surface area contributed by atoms with Crippen LogP contribution in [0.15, 0.2) is 36.4 Å². The van der Waals surface area contributed by atoms with E-state index >= 15 is 0 Å². The molecule has 0 bridgehead atoms. The van der Waals surface area contributed by atoms with Crippen molar-refractivity contribution in [3.63, 3.8) is 0 Å². The average molecular weight is 346 g/mol. The van der Waals surface area contributed by atoms with E-state index in [1.165, 1.54) is 19.2 Å². The summed E-state index contributed by atoms with van der Waals surface area (Å²) < 4.78 is 32.4. The van der Waals surface area contributed by atoms with Gasteiger partial charge in [0.05, 0.1) is 12.6 Å². The minimum atomic E-state index is -0.729. The monoisotopic (exact) mass is 346 g/mol. The Morgan fingerprint density at radius 3 is 2.28 bits per heavy atom. The summed E-state index contributed by atoms with van der Waals surface area (Å²) in [4.78, 5) is 12.6. The summed E-state index contributed by atoms with van der Waals surface area (Å²) in [6, 6.07) is 9.94. The number of halogens is 2. The molecule has 0 saturated carbocycles. The average Bonchev–Trinajstić information content (AvgIpc) is 2.57. The number of anilines is 1. The van der Waals surface area contributed by atoms with Gasteiger partial charge in [-0.05, 0) is 41.8 Å². The largest absolute Gasteiger partial charge is 0.491 e. The van der Waals surface area contributed by atoms with Gasteiger partial charge in [-0.15, -0.1) is 0 Å². The molecule has 3 rings (SSSR count). The van der Waals surface area contributed by atoms with Crippen LogP contribution in [0.5, 0.6) is 5.75 Å². The lowest BCUT2D eigenvalue weighted by Gasteiger charge is -2.49. The molecule has 1 aliphatic rings. The van der Waals surface area contributed by atoms with E-state index in [0.29, 0.717) is 37.1 Å². The van der Waals surface area contributed by atoms with E-state index in [0.717, 1.165) is 12.0 Å². The number of carbonyl (C=O) groups is 1. The highest BCUT2D eigenvalue weighted by atomic mass is 19.1. The lowest BCUT2D eigenvalue weighted by atomic mass is 9.86. The quantitative estimate of drug-likeness (QED) is 0.817. The summed E-state index contributed by atoms with van der Waals surface area (Å²) in [5, 5.41) is 0. The van der Waals surface area contributed by atoms with Crippen molar-refractivity contribution in [3.8, 4) is 16.9 Å². The number of rotatable bonds is 6. The Labute approximate surface area is 145 Å². The molecule has 0 atom stereocenters. The maximum absolute atomic E-state index is 13.8. The highest BCUT2D eigenvalue weighted by Crippen LogP contribution is 2.32. The predicted molar refractivity (Wildman–Crippen MR) is 92.8 cm³/mol. The van der Waals surface area contributed by atoms with E-state index in [4.69, 9.17) is 10.5 Å². The number of aldehydes is 1. The zero-order valence-corrected chi connectivity index (χ0v) is 14.0. The van der Waals surface area contributed by atoms with Gasteiger partial charge in [0.2, 0.25) is 0 Å². The van der Waals surface area contributed by atoms with Gasteiger partial charge in [0.15, 0.2) is 17.4 Å². The number of ether oxygens (including phenoxy) is 1. The van der Waals surface area contributed by atoms with E-state index in [-0.39, 0.29) is 11.3 Å². The van der Waals surface area contributed by atoms with Crippen LogP contribution in [-0.2, 0) is 4.79 Å². The first-order valence-corrected chi connectivity index (χ1v) is 8.07. The maximum Gasteiger partial charge on any atom is 0.190 e. The maximum atomic E-state index is 13.8. The molecule has 2 aromatic carbocycles. The fourth-order valence-electron chi connectivity index (χ4n) is 3.19. The molecule has 25 heavy (non-hydrogen) atoms. The summed E-state index contributed by atoms with van der Waals surface area (Å²) in [5.74, 6) is -1.84. The molecule has 0 spiro atoms. The highest BCUT2D eigenvalue weighted by molar-refractivity contribution is 5.68. The van der Waals surface area contributed by atoms with Gasteiger partial charge < -0.3 is 20.2 Å². The van der Waals surface area contributed by atoms with E-state index < -0.39 is 11.6 Å². The molecule has 0 amide bonds. The van der Waals surface area contributed by atoms with Crippen molar-refractivity contribution in [2.45, 2.75) is 18.4 Å². The third kappa shape index (κ3) is 3.49. The summed E-state index contributed by atoms with van der Waals surface area (Å²) in [6.45, 7) is 1.37. The second-order valence-corrected chi connectivity index (χ2v) is 6.44. The van der Waals surface area contributed by atoms with Gasteiger partial charge in [-0.3, -0.25) is 0 Å². The van der Waals surface area contributed by atoms with Crippen LogP contribution in [0.4, 0.5) is 14.5 Å². The zero-order valence-electron chi connectivity index (χ0n) is 14.0. The molecular formula is C19H20F2N2O2. The molecule has 0 aromatic heterocycles. The molecule has 1 heterocycles. The standard InChI is InChI=1S/C19H20F2N2O2/c1-25-18-16(20)9-14(10-17(18)21)13-3-5-15(6-4-13)23-11-19(22,12-23)7-2-8-24/h3-6,8-10H,2,7,11-12,22H2,1H3. The van der Waals surface area contributed by atoms with Crippen LogP contribution in [0.25, 0.3) is 11.1 Å². The first-order valence-electron chi connectivity index (χ1n) is 8.07. The van der Waals surface area contributed by atoms with Crippen molar-refractivity contribution in [2.75, 3.05) is 25.1 Å². The Morgan fingerprint density at radius 2 is 1.76 bits per heavy atom. The van der Waals surface area contributed by atoms with Gasteiger partial charge in [-0.1, -0.05) is 12.1 Å².